The summed E-state index contributed by atoms with van der Waals surface area (Å²) in [6.07, 6.45) is 1.27. The van der Waals surface area contributed by atoms with Gasteiger partial charge in [0.25, 0.3) is 0 Å². The molecule has 2 aromatic rings. The Morgan fingerprint density at radius 2 is 1.90 bits per heavy atom. The minimum Gasteiger partial charge on any atom is -0.388 e. The number of aryl methyl sites for hydroxylation is 4. The molecule has 2 rings (SSSR count). The highest BCUT2D eigenvalue weighted by Gasteiger charge is 2.20. The van der Waals surface area contributed by atoms with Crippen LogP contribution < -0.4 is 0 Å². The van der Waals surface area contributed by atoms with Crippen molar-refractivity contribution in [3.05, 3.63) is 39.4 Å². The molecule has 0 radical (unpaired) electrons. The third-order valence-corrected chi connectivity index (χ3v) is 4.05. The summed E-state index contributed by atoms with van der Waals surface area (Å²) in [6.45, 7) is 5.89. The van der Waals surface area contributed by atoms with Gasteiger partial charge in [-0.3, -0.25) is 4.68 Å². The first-order valence-electron chi connectivity index (χ1n) is 7.19. The van der Waals surface area contributed by atoms with E-state index in [0.29, 0.717) is 11.4 Å². The Hall–Kier alpha value is -1.46. The minimum absolute atomic E-state index is 0.417. The average Bonchev–Trinajstić information content (AvgIpc) is 2.74. The van der Waals surface area contributed by atoms with Crippen LogP contribution in [0.2, 0.25) is 5.02 Å². The van der Waals surface area contributed by atoms with Crippen molar-refractivity contribution in [1.29, 1.82) is 0 Å². The molecule has 1 unspecified atom stereocenters. The lowest BCUT2D eigenvalue weighted by Gasteiger charge is -2.14. The first-order valence-corrected chi connectivity index (χ1v) is 7.57. The van der Waals surface area contributed by atoms with Crippen molar-refractivity contribution in [2.45, 2.75) is 46.1 Å². The molecule has 1 atom stereocenters. The third-order valence-electron chi connectivity index (χ3n) is 3.61. The van der Waals surface area contributed by atoms with Gasteiger partial charge in [-0.2, -0.15) is 15.3 Å². The number of halogens is 1. The van der Waals surface area contributed by atoms with E-state index in [-0.39, 0.29) is 0 Å². The van der Waals surface area contributed by atoms with Gasteiger partial charge in [0.1, 0.15) is 0 Å². The fraction of sp³-hybridized carbons (Fsp3) is 0.533. The van der Waals surface area contributed by atoms with E-state index in [4.69, 9.17) is 11.6 Å². The summed E-state index contributed by atoms with van der Waals surface area (Å²) in [5, 5.41) is 23.8. The first-order chi connectivity index (χ1) is 9.97. The summed E-state index contributed by atoms with van der Waals surface area (Å²) in [5.41, 5.74) is 4.15. The molecule has 21 heavy (non-hydrogen) atoms. The van der Waals surface area contributed by atoms with Gasteiger partial charge in [0.15, 0.2) is 0 Å². The second-order valence-corrected chi connectivity index (χ2v) is 5.52. The van der Waals surface area contributed by atoms with Crippen LogP contribution in [-0.4, -0.2) is 25.1 Å². The summed E-state index contributed by atoms with van der Waals surface area (Å²) in [5.74, 6) is 0. The zero-order valence-electron chi connectivity index (χ0n) is 12.9. The normalized spacial score (nSPS) is 12.7. The summed E-state index contributed by atoms with van der Waals surface area (Å²) < 4.78 is 1.75. The standard InChI is InChI=1S/C15H21ClN4O/c1-5-11-10(7-9(3)17-18-11)14(21)8-13-15(16)12(6-2)19-20(13)4/h7,14,21H,5-6,8H2,1-4H3. The zero-order valence-corrected chi connectivity index (χ0v) is 13.6. The van der Waals surface area contributed by atoms with E-state index in [0.717, 1.165) is 41.2 Å². The second kappa shape index (κ2) is 6.54. The molecule has 1 N–H and O–H groups in total. The molecule has 2 aromatic heterocycles. The molecule has 0 aromatic carbocycles. The van der Waals surface area contributed by atoms with Crippen LogP contribution in [0.5, 0.6) is 0 Å². The number of aromatic nitrogens is 4. The Balaban J connectivity index is 2.32. The highest BCUT2D eigenvalue weighted by molar-refractivity contribution is 6.31. The average molecular weight is 309 g/mol. The van der Waals surface area contributed by atoms with Crippen LogP contribution in [0.25, 0.3) is 0 Å². The van der Waals surface area contributed by atoms with Crippen LogP contribution in [0, 0.1) is 6.92 Å². The highest BCUT2D eigenvalue weighted by atomic mass is 35.5. The van der Waals surface area contributed by atoms with Crippen molar-refractivity contribution in [3.8, 4) is 0 Å². The quantitative estimate of drug-likeness (QED) is 0.922. The molecule has 0 saturated carbocycles. The van der Waals surface area contributed by atoms with Crippen LogP contribution in [-0.2, 0) is 26.3 Å². The molecule has 0 spiro atoms. The van der Waals surface area contributed by atoms with E-state index < -0.39 is 6.10 Å². The maximum atomic E-state index is 10.6. The lowest BCUT2D eigenvalue weighted by molar-refractivity contribution is 0.174. The van der Waals surface area contributed by atoms with Gasteiger partial charge in [0.05, 0.1) is 33.9 Å². The van der Waals surface area contributed by atoms with Gasteiger partial charge in [0, 0.05) is 19.0 Å². The second-order valence-electron chi connectivity index (χ2n) is 5.15. The van der Waals surface area contributed by atoms with Crippen LogP contribution in [0.1, 0.15) is 48.3 Å². The van der Waals surface area contributed by atoms with Crippen LogP contribution in [0.15, 0.2) is 6.07 Å². The lowest BCUT2D eigenvalue weighted by Crippen LogP contribution is -2.11. The van der Waals surface area contributed by atoms with E-state index >= 15 is 0 Å². The molecule has 0 fully saturated rings. The molecular weight excluding hydrogens is 288 g/mol. The fourth-order valence-electron chi connectivity index (χ4n) is 2.43. The molecule has 5 nitrogen and oxygen atoms in total. The largest absolute Gasteiger partial charge is 0.388 e. The molecule has 0 amide bonds. The van der Waals surface area contributed by atoms with Gasteiger partial charge in [-0.15, -0.1) is 0 Å². The van der Waals surface area contributed by atoms with Crippen molar-refractivity contribution in [2.75, 3.05) is 0 Å². The number of hydrogen-bond acceptors (Lipinski definition) is 4. The van der Waals surface area contributed by atoms with Gasteiger partial charge in [-0.1, -0.05) is 25.4 Å². The predicted molar refractivity (Wildman–Crippen MR) is 82.4 cm³/mol. The van der Waals surface area contributed by atoms with Crippen molar-refractivity contribution >= 4 is 11.6 Å². The Morgan fingerprint density at radius 1 is 1.24 bits per heavy atom. The maximum absolute atomic E-state index is 10.6. The van der Waals surface area contributed by atoms with Crippen molar-refractivity contribution in [3.63, 3.8) is 0 Å². The van der Waals surface area contributed by atoms with E-state index in [1.807, 2.05) is 33.9 Å². The highest BCUT2D eigenvalue weighted by Crippen LogP contribution is 2.27. The zero-order chi connectivity index (χ0) is 15.6. The van der Waals surface area contributed by atoms with E-state index in [1.54, 1.807) is 4.68 Å². The van der Waals surface area contributed by atoms with Crippen molar-refractivity contribution in [2.24, 2.45) is 7.05 Å². The molecular formula is C15H21ClN4O. The van der Waals surface area contributed by atoms with E-state index in [9.17, 15) is 5.11 Å². The lowest BCUT2D eigenvalue weighted by atomic mass is 10.0. The summed E-state index contributed by atoms with van der Waals surface area (Å²) in [7, 11) is 1.85. The Morgan fingerprint density at radius 3 is 2.48 bits per heavy atom. The van der Waals surface area contributed by atoms with Gasteiger partial charge in [0.2, 0.25) is 0 Å². The minimum atomic E-state index is -0.660. The molecule has 0 saturated heterocycles. The van der Waals surface area contributed by atoms with Gasteiger partial charge in [-0.05, 0) is 25.8 Å². The van der Waals surface area contributed by atoms with Crippen LogP contribution >= 0.6 is 11.6 Å². The molecule has 0 aliphatic carbocycles. The van der Waals surface area contributed by atoms with Crippen molar-refractivity contribution < 1.29 is 5.11 Å². The van der Waals surface area contributed by atoms with Gasteiger partial charge >= 0.3 is 0 Å². The number of rotatable bonds is 5. The Kier molecular flexibility index (Phi) is 4.96. The maximum Gasteiger partial charge on any atom is 0.0864 e. The molecule has 114 valence electrons. The summed E-state index contributed by atoms with van der Waals surface area (Å²) >= 11 is 6.34. The van der Waals surface area contributed by atoms with Gasteiger partial charge < -0.3 is 5.11 Å². The van der Waals surface area contributed by atoms with E-state index in [2.05, 4.69) is 15.3 Å². The first kappa shape index (κ1) is 15.9. The smallest absolute Gasteiger partial charge is 0.0864 e. The van der Waals surface area contributed by atoms with Crippen LogP contribution in [0.3, 0.4) is 0 Å². The number of aliphatic hydroxyl groups is 1. The molecule has 2 heterocycles. The SMILES string of the molecule is CCc1nnc(C)cc1C(O)Cc1c(Cl)c(CC)nn1C. The number of aliphatic hydroxyl groups excluding tert-OH is 1. The predicted octanol–water partition coefficient (Wildman–Crippen LogP) is 2.57. The fourth-order valence-corrected chi connectivity index (χ4v) is 2.80. The number of hydrogen-bond donors (Lipinski definition) is 1. The molecule has 0 aliphatic heterocycles. The third kappa shape index (κ3) is 3.24. The monoisotopic (exact) mass is 308 g/mol. The van der Waals surface area contributed by atoms with Crippen molar-refractivity contribution in [1.82, 2.24) is 20.0 Å². The Bertz CT molecular complexity index is 639. The molecule has 0 aliphatic rings. The van der Waals surface area contributed by atoms with Crippen LogP contribution in [0.4, 0.5) is 0 Å². The summed E-state index contributed by atoms with van der Waals surface area (Å²) in [4.78, 5) is 0. The van der Waals surface area contributed by atoms with E-state index in [1.165, 1.54) is 0 Å². The van der Waals surface area contributed by atoms with Gasteiger partial charge in [-0.25, -0.2) is 0 Å². The topological polar surface area (TPSA) is 63.8 Å². The molecule has 6 heteroatoms. The molecule has 0 bridgehead atoms. The number of nitrogens with zero attached hydrogens (tertiary/aromatic N) is 4. The Labute approximate surface area is 130 Å². The summed E-state index contributed by atoms with van der Waals surface area (Å²) in [6, 6.07) is 1.89.